The average molecular weight is 343 g/mol. The van der Waals surface area contributed by atoms with Crippen LogP contribution in [-0.2, 0) is 0 Å². The van der Waals surface area contributed by atoms with Gasteiger partial charge in [-0.25, -0.2) is 0 Å². The zero-order valence-corrected chi connectivity index (χ0v) is 13.7. The predicted molar refractivity (Wildman–Crippen MR) is 78.4 cm³/mol. The van der Waals surface area contributed by atoms with Crippen LogP contribution < -0.4 is 9.23 Å². The van der Waals surface area contributed by atoms with Gasteiger partial charge in [0.05, 0.1) is 0 Å². The van der Waals surface area contributed by atoms with Crippen molar-refractivity contribution in [3.05, 3.63) is 53.7 Å². The van der Waals surface area contributed by atoms with E-state index < -0.39 is 10.2 Å². The van der Waals surface area contributed by atoms with Crippen LogP contribution in [0.25, 0.3) is 11.8 Å². The summed E-state index contributed by atoms with van der Waals surface area (Å²) < 4.78 is 32.4. The second-order valence-electron chi connectivity index (χ2n) is 4.75. The van der Waals surface area contributed by atoms with E-state index in [-0.39, 0.29) is 0 Å². The molecule has 0 aliphatic carbocycles. The molecule has 0 saturated heterocycles. The van der Waals surface area contributed by atoms with Crippen LogP contribution in [-0.4, -0.2) is 14.0 Å². The molecule has 0 amide bonds. The maximum atomic E-state index is 8.83. The van der Waals surface area contributed by atoms with Gasteiger partial charge in [-0.2, -0.15) is 4.57 Å². The van der Waals surface area contributed by atoms with Gasteiger partial charge in [-0.05, 0) is 42.8 Å². The molecule has 7 heteroatoms. The predicted octanol–water partition coefficient (Wildman–Crippen LogP) is 0.905. The molecule has 0 spiro atoms. The van der Waals surface area contributed by atoms with Gasteiger partial charge in [-0.3, -0.25) is 0 Å². The zero-order chi connectivity index (χ0) is 16.3. The Bertz CT molecular complexity index is 707. The van der Waals surface area contributed by atoms with E-state index in [4.69, 9.17) is 18.6 Å². The Hall–Kier alpha value is -1.41. The van der Waals surface area contributed by atoms with Crippen molar-refractivity contribution >= 4 is 23.5 Å². The summed E-state index contributed by atoms with van der Waals surface area (Å²) in [6, 6.07) is 12.8. The van der Waals surface area contributed by atoms with Crippen molar-refractivity contribution in [2.45, 2.75) is 23.8 Å². The normalized spacial score (nSPS) is 13.8. The molecule has 1 aromatic heterocycles. The van der Waals surface area contributed by atoms with E-state index in [1.54, 1.807) is 0 Å². The van der Waals surface area contributed by atoms with E-state index in [9.17, 15) is 0 Å². The molecule has 3 rings (SSSR count). The summed E-state index contributed by atoms with van der Waals surface area (Å²) in [6.07, 6.45) is 4.31. The first-order valence-corrected chi connectivity index (χ1v) is 8.52. The standard InChI is InChI=1S/C15H14NS.ClH3O4/c1-11-6-5-7-13-12(2)10-16-9-4-3-8-14(16)17-15(11)13;2-1(3,4)5/h3-10H,1-2H3;2-4H/q+1;. The van der Waals surface area contributed by atoms with Crippen molar-refractivity contribution in [1.29, 1.82) is 0 Å². The molecule has 1 aliphatic heterocycles. The van der Waals surface area contributed by atoms with Crippen LogP contribution in [0.3, 0.4) is 0 Å². The number of aryl methyl sites for hydroxylation is 1. The van der Waals surface area contributed by atoms with Crippen LogP contribution in [0.1, 0.15) is 18.1 Å². The van der Waals surface area contributed by atoms with Crippen molar-refractivity contribution in [2.24, 2.45) is 0 Å². The number of hydrogen-bond donors (Lipinski definition) is 3. The van der Waals surface area contributed by atoms with Gasteiger partial charge in [-0.15, -0.1) is 0 Å². The summed E-state index contributed by atoms with van der Waals surface area (Å²) in [5.41, 5.74) is 4.00. The molecule has 118 valence electrons. The van der Waals surface area contributed by atoms with Gasteiger partial charge in [0.1, 0.15) is 0 Å². The second kappa shape index (κ2) is 6.78. The Morgan fingerprint density at radius 1 is 1.05 bits per heavy atom. The van der Waals surface area contributed by atoms with Crippen molar-refractivity contribution in [3.8, 4) is 0 Å². The van der Waals surface area contributed by atoms with Crippen molar-refractivity contribution < 1.29 is 33.4 Å². The number of aromatic nitrogens is 1. The number of fused-ring (bicyclic) bond motifs is 2. The van der Waals surface area contributed by atoms with Gasteiger partial charge in [0.25, 0.3) is 0 Å². The molecule has 3 N–H and O–H groups in total. The molecule has 0 bridgehead atoms. The van der Waals surface area contributed by atoms with Crippen LogP contribution in [0, 0.1) is 17.2 Å². The third-order valence-electron chi connectivity index (χ3n) is 3.03. The summed E-state index contributed by atoms with van der Waals surface area (Å²) >= 11 is 1.84. The van der Waals surface area contributed by atoms with Gasteiger partial charge in [0.15, 0.2) is 12.4 Å². The van der Waals surface area contributed by atoms with Gasteiger partial charge in [0.2, 0.25) is 5.03 Å². The minimum atomic E-state index is -4.19. The third kappa shape index (κ3) is 4.54. The third-order valence-corrected chi connectivity index (χ3v) is 4.33. The molecule has 1 aliphatic rings. The minimum absolute atomic E-state index is 1.26. The number of allylic oxidation sites excluding steroid dienone is 1. The van der Waals surface area contributed by atoms with E-state index in [1.165, 1.54) is 26.6 Å². The number of benzene rings is 1. The number of rotatable bonds is 0. The van der Waals surface area contributed by atoms with Crippen molar-refractivity contribution in [2.75, 3.05) is 0 Å². The topological polar surface area (TPSA) is 87.6 Å². The fraction of sp³-hybridized carbons (Fsp3) is 0.133. The number of hydrogen-bond acceptors (Lipinski definition) is 5. The molecule has 1 aromatic carbocycles. The SMILES string of the molecule is CC1=C[n+]2ccccc2Sc2c(C)cccc21.[O-][Cl+](O)(O)O. The Labute approximate surface area is 134 Å². The molecule has 0 atom stereocenters. The molecular weight excluding hydrogens is 326 g/mol. The summed E-state index contributed by atoms with van der Waals surface area (Å²) in [6.45, 7) is 4.35. The number of pyridine rings is 1. The fourth-order valence-corrected chi connectivity index (χ4v) is 3.26. The van der Waals surface area contributed by atoms with Crippen LogP contribution in [0.4, 0.5) is 0 Å². The van der Waals surface area contributed by atoms with Crippen LogP contribution in [0.5, 0.6) is 0 Å². The van der Waals surface area contributed by atoms with Crippen molar-refractivity contribution in [3.63, 3.8) is 0 Å². The molecule has 5 nitrogen and oxygen atoms in total. The summed E-state index contributed by atoms with van der Waals surface area (Å²) in [7, 11) is -4.19. The Morgan fingerprint density at radius 2 is 1.73 bits per heavy atom. The molecule has 0 fully saturated rings. The Balaban J connectivity index is 0.000000309. The number of nitrogens with zero attached hydrogens (tertiary/aromatic N) is 1. The van der Waals surface area contributed by atoms with Gasteiger partial charge in [-0.1, -0.05) is 18.2 Å². The molecule has 2 heterocycles. The van der Waals surface area contributed by atoms with E-state index in [0.717, 1.165) is 0 Å². The molecule has 0 radical (unpaired) electrons. The quantitative estimate of drug-likeness (QED) is 0.619. The Morgan fingerprint density at radius 3 is 2.41 bits per heavy atom. The molecule has 0 unspecified atom stereocenters. The summed E-state index contributed by atoms with van der Waals surface area (Å²) in [4.78, 5) is 1.37. The first-order valence-electron chi connectivity index (χ1n) is 6.38. The summed E-state index contributed by atoms with van der Waals surface area (Å²) in [5.74, 6) is 0. The zero-order valence-electron chi connectivity index (χ0n) is 12.1. The maximum absolute atomic E-state index is 8.83. The Kier molecular flexibility index (Phi) is 5.23. The molecule has 2 aromatic rings. The average Bonchev–Trinajstić information content (AvgIpc) is 2.55. The second-order valence-corrected chi connectivity index (χ2v) is 6.64. The van der Waals surface area contributed by atoms with Gasteiger partial charge < -0.3 is 0 Å². The van der Waals surface area contributed by atoms with Crippen LogP contribution in [0.2, 0.25) is 0 Å². The first-order chi connectivity index (χ1) is 10.3. The number of halogens is 1. The van der Waals surface area contributed by atoms with Gasteiger partial charge in [0, 0.05) is 22.6 Å². The molecular formula is C15H17ClNO4S+. The first kappa shape index (κ1) is 17.0. The van der Waals surface area contributed by atoms with E-state index in [2.05, 4.69) is 67.2 Å². The van der Waals surface area contributed by atoms with Crippen LogP contribution >= 0.6 is 11.8 Å². The van der Waals surface area contributed by atoms with E-state index >= 15 is 0 Å². The van der Waals surface area contributed by atoms with Gasteiger partial charge >= 0.3 is 28.9 Å². The van der Waals surface area contributed by atoms with E-state index in [0.29, 0.717) is 0 Å². The molecule has 22 heavy (non-hydrogen) atoms. The summed E-state index contributed by atoms with van der Waals surface area (Å²) in [5, 5.41) is 1.26. The van der Waals surface area contributed by atoms with Crippen molar-refractivity contribution in [1.82, 2.24) is 0 Å². The molecule has 0 saturated carbocycles. The van der Waals surface area contributed by atoms with Crippen LogP contribution in [0.15, 0.2) is 52.5 Å². The monoisotopic (exact) mass is 342 g/mol. The fourth-order valence-electron chi connectivity index (χ4n) is 2.11. The van der Waals surface area contributed by atoms with E-state index in [1.807, 2.05) is 11.8 Å².